The maximum absolute atomic E-state index is 13.5. The smallest absolute Gasteiger partial charge is 0.296 e. The third kappa shape index (κ3) is 2.78. The van der Waals surface area contributed by atoms with Gasteiger partial charge < -0.3 is 14.3 Å². The largest absolute Gasteiger partial charge is 0.504 e. The van der Waals surface area contributed by atoms with E-state index in [0.29, 0.717) is 22.4 Å². The van der Waals surface area contributed by atoms with Crippen molar-refractivity contribution in [1.82, 2.24) is 4.98 Å². The summed E-state index contributed by atoms with van der Waals surface area (Å²) in [5.41, 5.74) is 1.67. The molecule has 7 heteroatoms. The molecule has 2 aromatic heterocycles. The van der Waals surface area contributed by atoms with E-state index in [4.69, 9.17) is 9.15 Å². The minimum atomic E-state index is -0.786. The lowest BCUT2D eigenvalue weighted by Gasteiger charge is -2.25. The zero-order valence-electron chi connectivity index (χ0n) is 16.8. The molecule has 1 atom stereocenters. The number of aromatic hydroxyl groups is 1. The molecule has 3 heterocycles. The summed E-state index contributed by atoms with van der Waals surface area (Å²) >= 11 is 0. The molecule has 0 saturated heterocycles. The maximum atomic E-state index is 13.5. The molecule has 1 N–H and O–H groups in total. The number of fused-ring (bicyclic) bond motifs is 2. The molecule has 2 aromatic carbocycles. The predicted molar refractivity (Wildman–Crippen MR) is 115 cm³/mol. The van der Waals surface area contributed by atoms with Crippen LogP contribution in [0.25, 0.3) is 11.0 Å². The van der Waals surface area contributed by atoms with Gasteiger partial charge in [-0.3, -0.25) is 14.5 Å². The van der Waals surface area contributed by atoms with Crippen LogP contribution in [0.5, 0.6) is 11.5 Å². The zero-order valence-corrected chi connectivity index (χ0v) is 16.8. The fraction of sp³-hybridized carbons (Fsp3) is 0.125. The number of rotatable bonds is 3. The van der Waals surface area contributed by atoms with Gasteiger partial charge in [0.15, 0.2) is 16.9 Å². The van der Waals surface area contributed by atoms with Crippen molar-refractivity contribution in [3.63, 3.8) is 0 Å². The zero-order chi connectivity index (χ0) is 21.7. The quantitative estimate of drug-likeness (QED) is 0.546. The number of aromatic nitrogens is 1. The Kier molecular flexibility index (Phi) is 4.25. The minimum Gasteiger partial charge on any atom is -0.504 e. The molecule has 0 aliphatic carbocycles. The Bertz CT molecular complexity index is 1410. The highest BCUT2D eigenvalue weighted by Crippen LogP contribution is 2.43. The second-order valence-corrected chi connectivity index (χ2v) is 7.32. The van der Waals surface area contributed by atoms with Crippen LogP contribution >= 0.6 is 0 Å². The number of phenolic OH excluding ortho intramolecular Hbond substituents is 1. The van der Waals surface area contributed by atoms with Gasteiger partial charge in [0.25, 0.3) is 5.91 Å². The number of ether oxygens (including phenoxy) is 1. The van der Waals surface area contributed by atoms with Gasteiger partial charge in [0, 0.05) is 6.20 Å². The number of hydrogen-bond acceptors (Lipinski definition) is 6. The number of para-hydroxylation sites is 1. The number of anilines is 1. The van der Waals surface area contributed by atoms with Crippen LogP contribution in [-0.4, -0.2) is 23.1 Å². The van der Waals surface area contributed by atoms with Crippen LogP contribution in [0.1, 0.15) is 33.3 Å². The van der Waals surface area contributed by atoms with Crippen LogP contribution in [-0.2, 0) is 0 Å². The SMILES string of the molecule is COc1cc(C2c3c(oc4ccccc4c3=O)C(=O)N2c2ncccc2C)ccc1O. The van der Waals surface area contributed by atoms with Crippen molar-refractivity contribution in [3.8, 4) is 11.5 Å². The number of benzene rings is 2. The number of pyridine rings is 1. The summed E-state index contributed by atoms with van der Waals surface area (Å²) in [7, 11) is 1.44. The number of amides is 1. The van der Waals surface area contributed by atoms with Gasteiger partial charge in [-0.25, -0.2) is 4.98 Å². The Morgan fingerprint density at radius 3 is 2.68 bits per heavy atom. The van der Waals surface area contributed by atoms with E-state index < -0.39 is 11.9 Å². The van der Waals surface area contributed by atoms with Crippen molar-refractivity contribution in [2.45, 2.75) is 13.0 Å². The first kappa shape index (κ1) is 18.9. The van der Waals surface area contributed by atoms with Gasteiger partial charge in [0.2, 0.25) is 5.76 Å². The molecule has 4 aromatic rings. The Balaban J connectivity index is 1.84. The monoisotopic (exact) mass is 414 g/mol. The summed E-state index contributed by atoms with van der Waals surface area (Å²) in [6, 6.07) is 14.4. The average molecular weight is 414 g/mol. The number of nitrogens with zero attached hydrogens (tertiary/aromatic N) is 2. The second-order valence-electron chi connectivity index (χ2n) is 7.32. The van der Waals surface area contributed by atoms with Gasteiger partial charge in [-0.1, -0.05) is 24.3 Å². The average Bonchev–Trinajstić information content (AvgIpc) is 3.07. The Hall–Kier alpha value is -4.13. The van der Waals surface area contributed by atoms with E-state index in [1.807, 2.05) is 13.0 Å². The summed E-state index contributed by atoms with van der Waals surface area (Å²) in [5.74, 6) is 0.171. The Morgan fingerprint density at radius 2 is 1.90 bits per heavy atom. The fourth-order valence-electron chi connectivity index (χ4n) is 4.05. The molecule has 1 unspecified atom stereocenters. The molecule has 1 amide bonds. The third-order valence-corrected chi connectivity index (χ3v) is 5.51. The molecular formula is C24H18N2O5. The van der Waals surface area contributed by atoms with Crippen LogP contribution in [0.2, 0.25) is 0 Å². The maximum Gasteiger partial charge on any atom is 0.296 e. The highest BCUT2D eigenvalue weighted by Gasteiger charge is 2.44. The molecule has 1 aliphatic rings. The fourth-order valence-corrected chi connectivity index (χ4v) is 4.05. The van der Waals surface area contributed by atoms with Crippen LogP contribution in [0.3, 0.4) is 0 Å². The van der Waals surface area contributed by atoms with E-state index >= 15 is 0 Å². The molecule has 7 nitrogen and oxygen atoms in total. The summed E-state index contributed by atoms with van der Waals surface area (Å²) in [4.78, 5) is 32.9. The summed E-state index contributed by atoms with van der Waals surface area (Å²) in [6.07, 6.45) is 1.60. The first-order valence-corrected chi connectivity index (χ1v) is 9.69. The van der Waals surface area contributed by atoms with Gasteiger partial charge in [0.1, 0.15) is 11.4 Å². The lowest BCUT2D eigenvalue weighted by molar-refractivity contribution is 0.0970. The standard InChI is InChI=1S/C24H18N2O5/c1-13-6-5-11-25-23(13)26-20(14-9-10-16(27)18(12-14)30-2)19-21(28)15-7-3-4-8-17(15)31-22(19)24(26)29/h3-12,20,27H,1-2H3. The van der Waals surface area contributed by atoms with Crippen molar-refractivity contribution in [1.29, 1.82) is 0 Å². The number of aryl methyl sites for hydroxylation is 1. The van der Waals surface area contributed by atoms with Gasteiger partial charge in [0.05, 0.1) is 24.1 Å². The molecule has 0 spiro atoms. The van der Waals surface area contributed by atoms with E-state index in [1.54, 1.807) is 48.7 Å². The predicted octanol–water partition coefficient (Wildman–Crippen LogP) is 3.96. The van der Waals surface area contributed by atoms with Crippen LogP contribution in [0.15, 0.2) is 70.0 Å². The number of methoxy groups -OCH3 is 1. The number of carbonyl (C=O) groups excluding carboxylic acids is 1. The Morgan fingerprint density at radius 1 is 1.10 bits per heavy atom. The van der Waals surface area contributed by atoms with E-state index in [2.05, 4.69) is 4.98 Å². The molecule has 1 aliphatic heterocycles. The van der Waals surface area contributed by atoms with Crippen LogP contribution in [0.4, 0.5) is 5.82 Å². The van der Waals surface area contributed by atoms with Crippen molar-refractivity contribution < 1.29 is 19.1 Å². The summed E-state index contributed by atoms with van der Waals surface area (Å²) in [5, 5.41) is 10.4. The van der Waals surface area contributed by atoms with E-state index in [1.165, 1.54) is 18.1 Å². The topological polar surface area (TPSA) is 92.9 Å². The van der Waals surface area contributed by atoms with E-state index in [-0.39, 0.29) is 28.3 Å². The molecule has 0 saturated carbocycles. The van der Waals surface area contributed by atoms with Crippen LogP contribution < -0.4 is 15.1 Å². The van der Waals surface area contributed by atoms with Gasteiger partial charge in [-0.05, 0) is 48.4 Å². The van der Waals surface area contributed by atoms with Gasteiger partial charge in [-0.2, -0.15) is 0 Å². The van der Waals surface area contributed by atoms with Gasteiger partial charge >= 0.3 is 0 Å². The highest BCUT2D eigenvalue weighted by molar-refractivity contribution is 6.10. The van der Waals surface area contributed by atoms with Crippen molar-refractivity contribution in [3.05, 3.63) is 93.5 Å². The van der Waals surface area contributed by atoms with Crippen molar-refractivity contribution in [2.75, 3.05) is 12.0 Å². The van der Waals surface area contributed by atoms with Crippen LogP contribution in [0, 0.1) is 6.92 Å². The van der Waals surface area contributed by atoms with E-state index in [9.17, 15) is 14.7 Å². The minimum absolute atomic E-state index is 0.00852. The normalized spacial score (nSPS) is 15.4. The van der Waals surface area contributed by atoms with Crippen molar-refractivity contribution >= 4 is 22.7 Å². The first-order chi connectivity index (χ1) is 15.0. The number of carbonyl (C=O) groups is 1. The molecule has 0 bridgehead atoms. The molecule has 0 radical (unpaired) electrons. The number of hydrogen-bond donors (Lipinski definition) is 1. The van der Waals surface area contributed by atoms with Gasteiger partial charge in [-0.15, -0.1) is 0 Å². The summed E-state index contributed by atoms with van der Waals surface area (Å²) in [6.45, 7) is 1.85. The molecular weight excluding hydrogens is 396 g/mol. The lowest BCUT2D eigenvalue weighted by atomic mass is 9.98. The first-order valence-electron chi connectivity index (χ1n) is 9.69. The summed E-state index contributed by atoms with van der Waals surface area (Å²) < 4.78 is 11.2. The third-order valence-electron chi connectivity index (χ3n) is 5.51. The van der Waals surface area contributed by atoms with E-state index in [0.717, 1.165) is 5.56 Å². The second kappa shape index (κ2) is 6.98. The van der Waals surface area contributed by atoms with Crippen molar-refractivity contribution in [2.24, 2.45) is 0 Å². The molecule has 5 rings (SSSR count). The number of phenols is 1. The highest BCUT2D eigenvalue weighted by atomic mass is 16.5. The molecule has 154 valence electrons. The molecule has 0 fully saturated rings. The lowest BCUT2D eigenvalue weighted by Crippen LogP contribution is -2.30. The Labute approximate surface area is 177 Å². The molecule has 31 heavy (non-hydrogen) atoms.